The first kappa shape index (κ1) is 24.5. The van der Waals surface area contributed by atoms with Crippen molar-refractivity contribution in [3.63, 3.8) is 0 Å². The van der Waals surface area contributed by atoms with Gasteiger partial charge in [-0.2, -0.15) is 11.8 Å². The average Bonchev–Trinajstić information content (AvgIpc) is 2.90. The summed E-state index contributed by atoms with van der Waals surface area (Å²) in [6.45, 7) is 4.36. The van der Waals surface area contributed by atoms with Gasteiger partial charge in [0.15, 0.2) is 5.78 Å². The van der Waals surface area contributed by atoms with Crippen LogP contribution in [0.3, 0.4) is 0 Å². The number of thioether (sulfide) groups is 1. The third-order valence-corrected chi connectivity index (χ3v) is 8.11. The smallest absolute Gasteiger partial charge is 0.315 e. The van der Waals surface area contributed by atoms with Crippen molar-refractivity contribution in [2.24, 2.45) is 10.9 Å². The monoisotopic (exact) mass is 497 g/mol. The summed E-state index contributed by atoms with van der Waals surface area (Å²) < 4.78 is 5.75. The van der Waals surface area contributed by atoms with Crippen molar-refractivity contribution < 1.29 is 14.3 Å². The van der Waals surface area contributed by atoms with Crippen LogP contribution < -0.4 is 0 Å². The van der Waals surface area contributed by atoms with E-state index in [0.717, 1.165) is 44.8 Å². The van der Waals surface area contributed by atoms with Crippen LogP contribution in [0.2, 0.25) is 0 Å². The van der Waals surface area contributed by atoms with Crippen molar-refractivity contribution in [3.8, 4) is 0 Å². The van der Waals surface area contributed by atoms with Crippen LogP contribution in [0.1, 0.15) is 49.7 Å². The molecule has 3 aromatic rings. The molecule has 0 saturated heterocycles. The molecular weight excluding hydrogens is 466 g/mol. The number of aliphatic imine (C=N–C) groups is 1. The van der Waals surface area contributed by atoms with Gasteiger partial charge < -0.3 is 4.74 Å². The third kappa shape index (κ3) is 4.77. The normalized spacial score (nSPS) is 21.8. The molecule has 1 aliphatic heterocycles. The maximum atomic E-state index is 13.8. The second-order valence-electron chi connectivity index (χ2n) is 9.44. The highest BCUT2D eigenvalue weighted by molar-refractivity contribution is 7.99. The van der Waals surface area contributed by atoms with Crippen LogP contribution in [0.15, 0.2) is 89.1 Å². The summed E-state index contributed by atoms with van der Waals surface area (Å²) in [6, 6.07) is 24.5. The minimum Gasteiger partial charge on any atom is -0.464 e. The first-order chi connectivity index (χ1) is 17.6. The van der Waals surface area contributed by atoms with Gasteiger partial charge in [-0.05, 0) is 46.9 Å². The van der Waals surface area contributed by atoms with Crippen LogP contribution in [-0.4, -0.2) is 35.6 Å². The van der Waals surface area contributed by atoms with Crippen LogP contribution >= 0.6 is 11.8 Å². The largest absolute Gasteiger partial charge is 0.464 e. The number of ketones is 1. The molecule has 0 aromatic heterocycles. The number of carbonyl (C=O) groups is 2. The Hall–Kier alpha value is -3.18. The van der Waals surface area contributed by atoms with Crippen molar-refractivity contribution >= 4 is 40.0 Å². The average molecular weight is 498 g/mol. The Morgan fingerprint density at radius 1 is 1.00 bits per heavy atom. The maximum Gasteiger partial charge on any atom is 0.315 e. The van der Waals surface area contributed by atoms with Crippen molar-refractivity contribution in [2.75, 3.05) is 18.1 Å². The second kappa shape index (κ2) is 10.8. The topological polar surface area (TPSA) is 55.7 Å². The molecule has 1 heterocycles. The van der Waals surface area contributed by atoms with Gasteiger partial charge in [-0.25, -0.2) is 0 Å². The minimum atomic E-state index is -0.613. The summed E-state index contributed by atoms with van der Waals surface area (Å²) in [5.74, 6) is 0.603. The van der Waals surface area contributed by atoms with Gasteiger partial charge in [0.05, 0.1) is 0 Å². The zero-order valence-electron chi connectivity index (χ0n) is 20.8. The summed E-state index contributed by atoms with van der Waals surface area (Å²) in [6.07, 6.45) is 1.12. The van der Waals surface area contributed by atoms with Crippen LogP contribution in [0.25, 0.3) is 10.8 Å². The molecule has 0 N–H and O–H groups in total. The fraction of sp³-hybridized carbons (Fsp3) is 0.323. The lowest BCUT2D eigenvalue weighted by Gasteiger charge is -2.37. The number of fused-ring (bicyclic) bond motifs is 1. The standard InChI is InChI=1S/C31H31NO3S/c1-3-36-17-16-35-31(34)28-20(2)32-26-18-23(21-10-5-4-6-11-21)19-27(33)30(26)29(28)25-15-9-13-22-12-7-8-14-24(22)25/h4-15,23,28-29H,3,16-19H2,1-2H3/t23-,28?,29-/m0/s1. The molecule has 1 aliphatic carbocycles. The predicted molar refractivity (Wildman–Crippen MR) is 148 cm³/mol. The molecule has 4 nitrogen and oxygen atoms in total. The fourth-order valence-corrected chi connectivity index (χ4v) is 6.11. The van der Waals surface area contributed by atoms with E-state index in [4.69, 9.17) is 9.73 Å². The molecule has 0 saturated carbocycles. The van der Waals surface area contributed by atoms with Gasteiger partial charge in [0.25, 0.3) is 0 Å². The highest BCUT2D eigenvalue weighted by Gasteiger charge is 2.45. The number of carbonyl (C=O) groups excluding carboxylic acids is 2. The van der Waals surface area contributed by atoms with E-state index < -0.39 is 11.8 Å². The second-order valence-corrected chi connectivity index (χ2v) is 10.8. The molecule has 1 unspecified atom stereocenters. The number of allylic oxidation sites excluding steroid dienone is 2. The number of benzene rings is 3. The van der Waals surface area contributed by atoms with Crippen molar-refractivity contribution in [2.45, 2.75) is 38.5 Å². The van der Waals surface area contributed by atoms with Gasteiger partial charge in [0.1, 0.15) is 12.5 Å². The first-order valence-corrected chi connectivity index (χ1v) is 13.8. The number of nitrogens with zero attached hydrogens (tertiary/aromatic N) is 1. The van der Waals surface area contributed by atoms with E-state index in [2.05, 4.69) is 43.3 Å². The Morgan fingerprint density at radius 3 is 2.56 bits per heavy atom. The molecule has 0 amide bonds. The van der Waals surface area contributed by atoms with E-state index in [1.54, 1.807) is 11.8 Å². The van der Waals surface area contributed by atoms with Crippen molar-refractivity contribution in [1.29, 1.82) is 0 Å². The lowest BCUT2D eigenvalue weighted by atomic mass is 9.68. The third-order valence-electron chi connectivity index (χ3n) is 7.25. The molecule has 5 rings (SSSR count). The van der Waals surface area contributed by atoms with Gasteiger partial charge in [0.2, 0.25) is 0 Å². The molecule has 3 aromatic carbocycles. The molecule has 184 valence electrons. The molecule has 5 heteroatoms. The van der Waals surface area contributed by atoms with E-state index in [0.29, 0.717) is 25.0 Å². The Morgan fingerprint density at radius 2 is 1.75 bits per heavy atom. The molecule has 2 aliphatic rings. The number of hydrogen-bond donors (Lipinski definition) is 0. The number of hydrogen-bond acceptors (Lipinski definition) is 5. The van der Waals surface area contributed by atoms with Gasteiger partial charge >= 0.3 is 5.97 Å². The SMILES string of the molecule is CCSCCOC(=O)C1C(C)=NC2=C(C(=O)C[C@@H](c3ccccc3)C2)[C@H]1c1cccc2ccccc12. The van der Waals surface area contributed by atoms with Crippen molar-refractivity contribution in [3.05, 3.63) is 95.2 Å². The van der Waals surface area contributed by atoms with E-state index in [1.807, 2.05) is 43.3 Å². The van der Waals surface area contributed by atoms with Gasteiger partial charge in [-0.15, -0.1) is 0 Å². The number of Topliss-reactive ketones (excluding diaryl/α,β-unsaturated/α-hetero) is 1. The predicted octanol–water partition coefficient (Wildman–Crippen LogP) is 6.71. The Bertz CT molecular complexity index is 1340. The highest BCUT2D eigenvalue weighted by Crippen LogP contribution is 2.48. The summed E-state index contributed by atoms with van der Waals surface area (Å²) in [7, 11) is 0. The van der Waals surface area contributed by atoms with Crippen LogP contribution in [0.5, 0.6) is 0 Å². The molecule has 0 fully saturated rings. The number of esters is 1. The summed E-state index contributed by atoms with van der Waals surface area (Å²) in [5, 5.41) is 2.15. The van der Waals surface area contributed by atoms with Gasteiger partial charge in [-0.1, -0.05) is 79.7 Å². The minimum absolute atomic E-state index is 0.0821. The fourth-order valence-electron chi connectivity index (χ4n) is 5.62. The van der Waals surface area contributed by atoms with E-state index in [1.165, 1.54) is 0 Å². The van der Waals surface area contributed by atoms with Crippen molar-refractivity contribution in [1.82, 2.24) is 0 Å². The van der Waals surface area contributed by atoms with Gasteiger partial charge in [-0.3, -0.25) is 14.6 Å². The maximum absolute atomic E-state index is 13.8. The van der Waals surface area contributed by atoms with E-state index >= 15 is 0 Å². The van der Waals surface area contributed by atoms with Crippen LogP contribution in [-0.2, 0) is 14.3 Å². The van der Waals surface area contributed by atoms with Gasteiger partial charge in [0, 0.05) is 35.1 Å². The number of ether oxygens (including phenoxy) is 1. The molecular formula is C31H31NO3S. The number of rotatable bonds is 7. The molecule has 0 radical (unpaired) electrons. The van der Waals surface area contributed by atoms with Crippen LogP contribution in [0.4, 0.5) is 0 Å². The summed E-state index contributed by atoms with van der Waals surface area (Å²) >= 11 is 1.74. The Kier molecular flexibility index (Phi) is 7.38. The zero-order valence-corrected chi connectivity index (χ0v) is 21.6. The van der Waals surface area contributed by atoms with E-state index in [-0.39, 0.29) is 17.7 Å². The lowest BCUT2D eigenvalue weighted by Crippen LogP contribution is -2.38. The highest BCUT2D eigenvalue weighted by atomic mass is 32.2. The summed E-state index contributed by atoms with van der Waals surface area (Å²) in [5.41, 5.74) is 4.38. The first-order valence-electron chi connectivity index (χ1n) is 12.7. The Labute approximate surface area is 216 Å². The van der Waals surface area contributed by atoms with E-state index in [9.17, 15) is 9.59 Å². The molecule has 3 atom stereocenters. The zero-order chi connectivity index (χ0) is 25.1. The molecule has 36 heavy (non-hydrogen) atoms. The molecule has 0 spiro atoms. The summed E-state index contributed by atoms with van der Waals surface area (Å²) in [4.78, 5) is 32.2. The lowest BCUT2D eigenvalue weighted by molar-refractivity contribution is -0.145. The quantitative estimate of drug-likeness (QED) is 0.269. The Balaban J connectivity index is 1.59. The molecule has 0 bridgehead atoms. The van der Waals surface area contributed by atoms with Crippen LogP contribution in [0, 0.1) is 5.92 Å².